The van der Waals surface area contributed by atoms with Gasteiger partial charge in [0.15, 0.2) is 0 Å². The Labute approximate surface area is 139 Å². The molecule has 0 unspecified atom stereocenters. The summed E-state index contributed by atoms with van der Waals surface area (Å²) in [4.78, 5) is 0. The van der Waals surface area contributed by atoms with Crippen LogP contribution in [0.1, 0.15) is 0 Å². The SMILES string of the molecule is Nc1ccc(Oc2cccc(Oc3ccc(N)cc3)c2Cl)cc1. The van der Waals surface area contributed by atoms with E-state index in [1.54, 1.807) is 60.7 Å². The zero-order valence-corrected chi connectivity index (χ0v) is 13.0. The van der Waals surface area contributed by atoms with Gasteiger partial charge in [-0.3, -0.25) is 0 Å². The molecular weight excluding hydrogens is 312 g/mol. The number of anilines is 2. The second kappa shape index (κ2) is 6.50. The first-order valence-electron chi connectivity index (χ1n) is 6.97. The molecule has 0 fully saturated rings. The molecule has 116 valence electrons. The number of nitrogen functional groups attached to an aromatic ring is 2. The predicted molar refractivity (Wildman–Crippen MR) is 93.3 cm³/mol. The zero-order valence-electron chi connectivity index (χ0n) is 12.2. The number of hydrogen-bond donors (Lipinski definition) is 2. The highest BCUT2D eigenvalue weighted by Crippen LogP contribution is 2.38. The van der Waals surface area contributed by atoms with Crippen molar-refractivity contribution < 1.29 is 9.47 Å². The lowest BCUT2D eigenvalue weighted by molar-refractivity contribution is 0.461. The zero-order chi connectivity index (χ0) is 16.2. The van der Waals surface area contributed by atoms with E-state index >= 15 is 0 Å². The van der Waals surface area contributed by atoms with Crippen LogP contribution in [0.25, 0.3) is 0 Å². The van der Waals surface area contributed by atoms with Crippen LogP contribution in [-0.4, -0.2) is 0 Å². The summed E-state index contributed by atoms with van der Waals surface area (Å²) in [5.41, 5.74) is 12.7. The summed E-state index contributed by atoms with van der Waals surface area (Å²) in [6, 6.07) is 19.5. The van der Waals surface area contributed by atoms with Crippen LogP contribution >= 0.6 is 11.6 Å². The van der Waals surface area contributed by atoms with E-state index in [0.29, 0.717) is 39.4 Å². The Kier molecular flexibility index (Phi) is 4.26. The molecule has 0 aromatic heterocycles. The van der Waals surface area contributed by atoms with Crippen molar-refractivity contribution in [2.24, 2.45) is 0 Å². The lowest BCUT2D eigenvalue weighted by atomic mass is 10.3. The second-order valence-corrected chi connectivity index (χ2v) is 5.29. The van der Waals surface area contributed by atoms with Gasteiger partial charge in [-0.1, -0.05) is 17.7 Å². The average Bonchev–Trinajstić information content (AvgIpc) is 2.55. The van der Waals surface area contributed by atoms with Crippen LogP contribution in [0.15, 0.2) is 66.7 Å². The van der Waals surface area contributed by atoms with Gasteiger partial charge in [0.2, 0.25) is 0 Å². The highest BCUT2D eigenvalue weighted by atomic mass is 35.5. The third-order valence-corrected chi connectivity index (χ3v) is 3.52. The Morgan fingerprint density at radius 1 is 0.609 bits per heavy atom. The van der Waals surface area contributed by atoms with Gasteiger partial charge in [0.05, 0.1) is 0 Å². The lowest BCUT2D eigenvalue weighted by Gasteiger charge is -2.12. The van der Waals surface area contributed by atoms with Crippen LogP contribution in [0, 0.1) is 0 Å². The van der Waals surface area contributed by atoms with Crippen molar-refractivity contribution in [3.63, 3.8) is 0 Å². The fourth-order valence-corrected chi connectivity index (χ4v) is 2.18. The van der Waals surface area contributed by atoms with E-state index in [2.05, 4.69) is 0 Å². The minimum absolute atomic E-state index is 0.390. The number of benzene rings is 3. The normalized spacial score (nSPS) is 10.3. The first-order valence-corrected chi connectivity index (χ1v) is 7.35. The van der Waals surface area contributed by atoms with Crippen molar-refractivity contribution in [2.45, 2.75) is 0 Å². The summed E-state index contributed by atoms with van der Waals surface area (Å²) in [7, 11) is 0. The van der Waals surface area contributed by atoms with Crippen LogP contribution < -0.4 is 20.9 Å². The minimum Gasteiger partial charge on any atom is -0.456 e. The Morgan fingerprint density at radius 3 is 1.39 bits per heavy atom. The monoisotopic (exact) mass is 326 g/mol. The van der Waals surface area contributed by atoms with Gasteiger partial charge in [-0.15, -0.1) is 0 Å². The predicted octanol–water partition coefficient (Wildman–Crippen LogP) is 5.09. The maximum absolute atomic E-state index is 6.37. The van der Waals surface area contributed by atoms with Gasteiger partial charge in [-0.2, -0.15) is 0 Å². The molecule has 0 amide bonds. The van der Waals surface area contributed by atoms with Gasteiger partial charge in [0, 0.05) is 11.4 Å². The fraction of sp³-hybridized carbons (Fsp3) is 0. The number of rotatable bonds is 4. The average molecular weight is 327 g/mol. The summed E-state index contributed by atoms with van der Waals surface area (Å²) in [5.74, 6) is 2.30. The van der Waals surface area contributed by atoms with E-state index in [9.17, 15) is 0 Å². The molecule has 0 heterocycles. The molecule has 0 bridgehead atoms. The van der Waals surface area contributed by atoms with E-state index in [1.807, 2.05) is 6.07 Å². The molecule has 0 aliphatic rings. The molecule has 3 aromatic carbocycles. The van der Waals surface area contributed by atoms with E-state index in [-0.39, 0.29) is 0 Å². The van der Waals surface area contributed by atoms with Gasteiger partial charge in [0.1, 0.15) is 28.0 Å². The summed E-state index contributed by atoms with van der Waals surface area (Å²) in [6.45, 7) is 0. The van der Waals surface area contributed by atoms with Crippen LogP contribution in [0.4, 0.5) is 11.4 Å². The Bertz CT molecular complexity index is 737. The first-order chi connectivity index (χ1) is 11.1. The van der Waals surface area contributed by atoms with E-state index in [4.69, 9.17) is 32.5 Å². The van der Waals surface area contributed by atoms with Crippen LogP contribution in [-0.2, 0) is 0 Å². The number of halogens is 1. The van der Waals surface area contributed by atoms with Crippen LogP contribution in [0.3, 0.4) is 0 Å². The Morgan fingerprint density at radius 2 is 1.00 bits per heavy atom. The largest absolute Gasteiger partial charge is 0.456 e. The molecule has 0 spiro atoms. The molecule has 0 saturated heterocycles. The topological polar surface area (TPSA) is 70.5 Å². The Hall–Kier alpha value is -2.85. The highest BCUT2D eigenvalue weighted by Gasteiger charge is 2.10. The smallest absolute Gasteiger partial charge is 0.149 e. The van der Waals surface area contributed by atoms with Crippen LogP contribution in [0.2, 0.25) is 5.02 Å². The molecule has 5 heteroatoms. The van der Waals surface area contributed by atoms with Crippen molar-refractivity contribution in [1.82, 2.24) is 0 Å². The highest BCUT2D eigenvalue weighted by molar-refractivity contribution is 6.33. The van der Waals surface area contributed by atoms with Crippen molar-refractivity contribution in [3.05, 3.63) is 71.8 Å². The molecule has 4 nitrogen and oxygen atoms in total. The maximum atomic E-state index is 6.37. The molecule has 0 aliphatic heterocycles. The number of ether oxygens (including phenoxy) is 2. The third kappa shape index (κ3) is 3.67. The lowest BCUT2D eigenvalue weighted by Crippen LogP contribution is -1.91. The van der Waals surface area contributed by atoms with Crippen molar-refractivity contribution in [2.75, 3.05) is 11.5 Å². The van der Waals surface area contributed by atoms with Crippen molar-refractivity contribution in [1.29, 1.82) is 0 Å². The van der Waals surface area contributed by atoms with E-state index in [1.165, 1.54) is 0 Å². The quantitative estimate of drug-likeness (QED) is 0.655. The number of hydrogen-bond acceptors (Lipinski definition) is 4. The molecule has 0 radical (unpaired) electrons. The summed E-state index contributed by atoms with van der Waals surface area (Å²) in [6.07, 6.45) is 0. The van der Waals surface area contributed by atoms with E-state index in [0.717, 1.165) is 0 Å². The van der Waals surface area contributed by atoms with Gasteiger partial charge in [-0.25, -0.2) is 0 Å². The second-order valence-electron chi connectivity index (χ2n) is 4.91. The number of nitrogens with two attached hydrogens (primary N) is 2. The Balaban J connectivity index is 1.83. The first kappa shape index (κ1) is 15.1. The summed E-state index contributed by atoms with van der Waals surface area (Å²) in [5, 5.41) is 0.390. The van der Waals surface area contributed by atoms with Crippen LogP contribution in [0.5, 0.6) is 23.0 Å². The molecule has 3 rings (SSSR count). The van der Waals surface area contributed by atoms with Crippen molar-refractivity contribution in [3.8, 4) is 23.0 Å². The molecule has 4 N–H and O–H groups in total. The molecule has 0 aliphatic carbocycles. The van der Waals surface area contributed by atoms with E-state index < -0.39 is 0 Å². The van der Waals surface area contributed by atoms with Gasteiger partial charge < -0.3 is 20.9 Å². The van der Waals surface area contributed by atoms with Gasteiger partial charge in [0.25, 0.3) is 0 Å². The standard InChI is InChI=1S/C18H15ClN2O2/c19-18-16(22-14-8-4-12(20)5-9-14)2-1-3-17(18)23-15-10-6-13(21)7-11-15/h1-11H,20-21H2. The van der Waals surface area contributed by atoms with Crippen molar-refractivity contribution >= 4 is 23.0 Å². The molecule has 0 atom stereocenters. The van der Waals surface area contributed by atoms with Gasteiger partial charge >= 0.3 is 0 Å². The summed E-state index contributed by atoms with van der Waals surface area (Å²) >= 11 is 6.37. The maximum Gasteiger partial charge on any atom is 0.149 e. The molecule has 23 heavy (non-hydrogen) atoms. The third-order valence-electron chi connectivity index (χ3n) is 3.14. The minimum atomic E-state index is 0.390. The fourth-order valence-electron chi connectivity index (χ4n) is 1.97. The summed E-state index contributed by atoms with van der Waals surface area (Å²) < 4.78 is 11.5. The molecular formula is C18H15ClN2O2. The van der Waals surface area contributed by atoms with Gasteiger partial charge in [-0.05, 0) is 60.7 Å². The molecule has 0 saturated carbocycles. The molecule has 3 aromatic rings.